The molecule has 0 atom stereocenters. The number of hydrogen-bond acceptors (Lipinski definition) is 5. The molecular formula is C10H9ClN6O. The molecule has 3 aromatic rings. The second kappa shape index (κ2) is 4.35. The zero-order chi connectivity index (χ0) is 12.5. The molecule has 0 fully saturated rings. The minimum Gasteiger partial charge on any atom is -0.396 e. The molecule has 0 bridgehead atoms. The normalized spacial score (nSPS) is 11.2. The predicted molar refractivity (Wildman–Crippen MR) is 63.7 cm³/mol. The standard InChI is InChI=1S/C10H9ClN6O/c11-8-1-2-9-12-5-10(17(9)14-8)16-6-7(3-4-18)13-15-16/h1-2,5-6,18H,3-4H2. The van der Waals surface area contributed by atoms with E-state index in [1.807, 2.05) is 0 Å². The molecule has 0 aliphatic rings. The van der Waals surface area contributed by atoms with Gasteiger partial charge in [0.15, 0.2) is 11.5 Å². The van der Waals surface area contributed by atoms with Crippen molar-refractivity contribution in [3.8, 4) is 5.82 Å². The number of aromatic nitrogens is 6. The summed E-state index contributed by atoms with van der Waals surface area (Å²) in [6, 6.07) is 3.44. The summed E-state index contributed by atoms with van der Waals surface area (Å²) in [4.78, 5) is 4.20. The van der Waals surface area contributed by atoms with Crippen molar-refractivity contribution in [3.63, 3.8) is 0 Å². The Kier molecular flexibility index (Phi) is 2.69. The number of nitrogens with zero attached hydrogens (tertiary/aromatic N) is 6. The third kappa shape index (κ3) is 1.83. The smallest absolute Gasteiger partial charge is 0.177 e. The molecule has 0 aliphatic carbocycles. The minimum atomic E-state index is 0.0376. The van der Waals surface area contributed by atoms with Crippen LogP contribution in [0.5, 0.6) is 0 Å². The van der Waals surface area contributed by atoms with Crippen molar-refractivity contribution in [1.29, 1.82) is 0 Å². The van der Waals surface area contributed by atoms with Gasteiger partial charge in [0.25, 0.3) is 0 Å². The lowest BCUT2D eigenvalue weighted by molar-refractivity contribution is 0.298. The fraction of sp³-hybridized carbons (Fsp3) is 0.200. The van der Waals surface area contributed by atoms with E-state index in [2.05, 4.69) is 20.4 Å². The van der Waals surface area contributed by atoms with Gasteiger partial charge in [-0.25, -0.2) is 9.67 Å². The van der Waals surface area contributed by atoms with E-state index in [0.29, 0.717) is 28.7 Å². The Morgan fingerprint density at radius 1 is 1.33 bits per heavy atom. The van der Waals surface area contributed by atoms with Gasteiger partial charge in [-0.05, 0) is 12.1 Å². The van der Waals surface area contributed by atoms with Crippen molar-refractivity contribution in [2.45, 2.75) is 6.42 Å². The van der Waals surface area contributed by atoms with Crippen LogP contribution < -0.4 is 0 Å². The third-order valence-electron chi connectivity index (χ3n) is 2.46. The summed E-state index contributed by atoms with van der Waals surface area (Å²) in [7, 11) is 0. The van der Waals surface area contributed by atoms with Gasteiger partial charge < -0.3 is 5.11 Å². The van der Waals surface area contributed by atoms with Crippen molar-refractivity contribution in [2.75, 3.05) is 6.61 Å². The first-order chi connectivity index (χ1) is 8.78. The van der Waals surface area contributed by atoms with Crippen LogP contribution >= 0.6 is 11.6 Å². The zero-order valence-corrected chi connectivity index (χ0v) is 9.99. The van der Waals surface area contributed by atoms with E-state index in [9.17, 15) is 0 Å². The molecular weight excluding hydrogens is 256 g/mol. The van der Waals surface area contributed by atoms with Gasteiger partial charge in [-0.1, -0.05) is 16.8 Å². The van der Waals surface area contributed by atoms with Crippen molar-refractivity contribution in [2.24, 2.45) is 0 Å². The summed E-state index contributed by atoms with van der Waals surface area (Å²) in [6.07, 6.45) is 3.82. The van der Waals surface area contributed by atoms with Crippen molar-refractivity contribution in [3.05, 3.63) is 35.4 Å². The number of halogens is 1. The first-order valence-corrected chi connectivity index (χ1v) is 5.68. The van der Waals surface area contributed by atoms with Gasteiger partial charge in [-0.15, -0.1) is 5.10 Å². The Bertz CT molecular complexity index is 691. The highest BCUT2D eigenvalue weighted by atomic mass is 35.5. The van der Waals surface area contributed by atoms with Crippen LogP contribution in [0.15, 0.2) is 24.5 Å². The molecule has 0 radical (unpaired) electrons. The second-order valence-electron chi connectivity index (χ2n) is 3.67. The lowest BCUT2D eigenvalue weighted by Gasteiger charge is -1.99. The fourth-order valence-electron chi connectivity index (χ4n) is 1.63. The lowest BCUT2D eigenvalue weighted by Crippen LogP contribution is -2.02. The van der Waals surface area contributed by atoms with E-state index in [4.69, 9.17) is 16.7 Å². The monoisotopic (exact) mass is 264 g/mol. The van der Waals surface area contributed by atoms with Crippen molar-refractivity contribution in [1.82, 2.24) is 29.6 Å². The van der Waals surface area contributed by atoms with Gasteiger partial charge in [0, 0.05) is 13.0 Å². The van der Waals surface area contributed by atoms with E-state index in [0.717, 1.165) is 0 Å². The Morgan fingerprint density at radius 2 is 2.22 bits per heavy atom. The van der Waals surface area contributed by atoms with Gasteiger partial charge >= 0.3 is 0 Å². The molecule has 0 aromatic carbocycles. The highest BCUT2D eigenvalue weighted by Crippen LogP contribution is 2.12. The number of aliphatic hydroxyl groups excluding tert-OH is 1. The first kappa shape index (κ1) is 11.1. The van der Waals surface area contributed by atoms with Gasteiger partial charge in [-0.3, -0.25) is 0 Å². The molecule has 3 heterocycles. The van der Waals surface area contributed by atoms with Gasteiger partial charge in [0.05, 0.1) is 18.1 Å². The highest BCUT2D eigenvalue weighted by molar-refractivity contribution is 6.29. The van der Waals surface area contributed by atoms with Gasteiger partial charge in [0.1, 0.15) is 5.15 Å². The van der Waals surface area contributed by atoms with Gasteiger partial charge in [0.2, 0.25) is 0 Å². The van der Waals surface area contributed by atoms with Crippen LogP contribution in [0, 0.1) is 0 Å². The van der Waals surface area contributed by atoms with E-state index >= 15 is 0 Å². The Hall–Kier alpha value is -1.99. The molecule has 7 nitrogen and oxygen atoms in total. The number of aliphatic hydroxyl groups is 1. The number of imidazole rings is 1. The molecule has 0 saturated heterocycles. The average molecular weight is 265 g/mol. The van der Waals surface area contributed by atoms with E-state index in [1.165, 1.54) is 0 Å². The molecule has 0 aliphatic heterocycles. The maximum absolute atomic E-state index is 8.84. The summed E-state index contributed by atoms with van der Waals surface area (Å²) in [5.74, 6) is 0.643. The van der Waals surface area contributed by atoms with E-state index in [1.54, 1.807) is 33.7 Å². The molecule has 3 aromatic heterocycles. The molecule has 3 rings (SSSR count). The molecule has 0 unspecified atom stereocenters. The SMILES string of the molecule is OCCc1cn(-c2cnc3ccc(Cl)nn23)nn1. The van der Waals surface area contributed by atoms with Gasteiger partial charge in [-0.2, -0.15) is 9.61 Å². The molecule has 0 spiro atoms. The molecule has 0 saturated carbocycles. The topological polar surface area (TPSA) is 81.1 Å². The summed E-state index contributed by atoms with van der Waals surface area (Å²) >= 11 is 5.85. The highest BCUT2D eigenvalue weighted by Gasteiger charge is 2.09. The van der Waals surface area contributed by atoms with Crippen LogP contribution in [0.3, 0.4) is 0 Å². The largest absolute Gasteiger partial charge is 0.396 e. The van der Waals surface area contributed by atoms with E-state index < -0.39 is 0 Å². The fourth-order valence-corrected chi connectivity index (χ4v) is 1.77. The van der Waals surface area contributed by atoms with Crippen LogP contribution in [0.4, 0.5) is 0 Å². The van der Waals surface area contributed by atoms with E-state index in [-0.39, 0.29) is 6.61 Å². The molecule has 0 amide bonds. The van der Waals surface area contributed by atoms with Crippen LogP contribution in [0.1, 0.15) is 5.69 Å². The molecule has 92 valence electrons. The lowest BCUT2D eigenvalue weighted by atomic mass is 10.3. The van der Waals surface area contributed by atoms with Crippen LogP contribution in [0.25, 0.3) is 11.5 Å². The maximum Gasteiger partial charge on any atom is 0.177 e. The number of rotatable bonds is 3. The summed E-state index contributed by atoms with van der Waals surface area (Å²) in [5, 5.41) is 21.3. The second-order valence-corrected chi connectivity index (χ2v) is 4.06. The van der Waals surface area contributed by atoms with Crippen LogP contribution in [0.2, 0.25) is 5.15 Å². The Labute approximate surface area is 107 Å². The van der Waals surface area contributed by atoms with Crippen LogP contribution in [-0.2, 0) is 6.42 Å². The summed E-state index contributed by atoms with van der Waals surface area (Å²) in [5.41, 5.74) is 1.38. The van der Waals surface area contributed by atoms with Crippen molar-refractivity contribution >= 4 is 17.2 Å². The first-order valence-electron chi connectivity index (χ1n) is 5.30. The molecule has 18 heavy (non-hydrogen) atoms. The molecule has 8 heteroatoms. The average Bonchev–Trinajstić information content (AvgIpc) is 2.95. The summed E-state index contributed by atoms with van der Waals surface area (Å²) in [6.45, 7) is 0.0376. The Morgan fingerprint density at radius 3 is 3.06 bits per heavy atom. The summed E-state index contributed by atoms with van der Waals surface area (Å²) < 4.78 is 3.13. The minimum absolute atomic E-state index is 0.0376. The maximum atomic E-state index is 8.84. The van der Waals surface area contributed by atoms with Crippen LogP contribution in [-0.4, -0.2) is 41.3 Å². The third-order valence-corrected chi connectivity index (χ3v) is 2.66. The van der Waals surface area contributed by atoms with Crippen molar-refractivity contribution < 1.29 is 5.11 Å². The molecule has 1 N–H and O–H groups in total. The quantitative estimate of drug-likeness (QED) is 0.745. The predicted octanol–water partition coefficient (Wildman–Crippen LogP) is 0.498. The Balaban J connectivity index is 2.09. The number of fused-ring (bicyclic) bond motifs is 1. The zero-order valence-electron chi connectivity index (χ0n) is 9.23. The number of hydrogen-bond donors (Lipinski definition) is 1.